The molecule has 3 nitrogen and oxygen atoms in total. The van der Waals surface area contributed by atoms with E-state index < -0.39 is 0 Å². The van der Waals surface area contributed by atoms with Crippen LogP contribution in [-0.4, -0.2) is 48.3 Å². The summed E-state index contributed by atoms with van der Waals surface area (Å²) >= 11 is 0. The van der Waals surface area contributed by atoms with E-state index in [-0.39, 0.29) is 12.6 Å². The van der Waals surface area contributed by atoms with Gasteiger partial charge in [0, 0.05) is 18.6 Å². The molecule has 0 aliphatic carbocycles. The standard InChI is InChI=1S/C13H30N2O/c1-5-7-8-9-15(12(3)4)10-13(11-16)14-6-2/h12-14,16H,5-11H2,1-4H3. The molecule has 0 saturated carbocycles. The lowest BCUT2D eigenvalue weighted by molar-refractivity contribution is 0.156. The van der Waals surface area contributed by atoms with Crippen molar-refractivity contribution in [2.45, 2.75) is 59.0 Å². The molecule has 0 heterocycles. The van der Waals surface area contributed by atoms with E-state index in [2.05, 4.69) is 37.9 Å². The zero-order chi connectivity index (χ0) is 12.4. The van der Waals surface area contributed by atoms with Crippen molar-refractivity contribution in [3.8, 4) is 0 Å². The molecular formula is C13H30N2O. The third-order valence-corrected chi connectivity index (χ3v) is 2.95. The number of aliphatic hydroxyl groups is 1. The largest absolute Gasteiger partial charge is 0.395 e. The van der Waals surface area contributed by atoms with Gasteiger partial charge in [0.2, 0.25) is 0 Å². The lowest BCUT2D eigenvalue weighted by Gasteiger charge is -2.30. The van der Waals surface area contributed by atoms with Gasteiger partial charge < -0.3 is 10.4 Å². The van der Waals surface area contributed by atoms with Crippen LogP contribution >= 0.6 is 0 Å². The summed E-state index contributed by atoms with van der Waals surface area (Å²) in [5, 5.41) is 12.6. The number of nitrogens with zero attached hydrogens (tertiary/aromatic N) is 1. The molecule has 0 aromatic heterocycles. The Balaban J connectivity index is 3.98. The van der Waals surface area contributed by atoms with E-state index >= 15 is 0 Å². The number of unbranched alkanes of at least 4 members (excludes halogenated alkanes) is 2. The summed E-state index contributed by atoms with van der Waals surface area (Å²) < 4.78 is 0. The molecule has 0 aromatic rings. The second kappa shape index (κ2) is 10.1. The maximum absolute atomic E-state index is 9.27. The third kappa shape index (κ3) is 7.20. The Bertz CT molecular complexity index is 151. The van der Waals surface area contributed by atoms with Gasteiger partial charge in [-0.25, -0.2) is 0 Å². The highest BCUT2D eigenvalue weighted by molar-refractivity contribution is 4.73. The van der Waals surface area contributed by atoms with Gasteiger partial charge in [-0.2, -0.15) is 0 Å². The first-order chi connectivity index (χ1) is 7.65. The molecule has 98 valence electrons. The molecule has 0 aromatic carbocycles. The lowest BCUT2D eigenvalue weighted by Crippen LogP contribution is -2.46. The minimum Gasteiger partial charge on any atom is -0.395 e. The van der Waals surface area contributed by atoms with Gasteiger partial charge in [0.1, 0.15) is 0 Å². The smallest absolute Gasteiger partial charge is 0.0597 e. The van der Waals surface area contributed by atoms with Gasteiger partial charge in [-0.15, -0.1) is 0 Å². The Morgan fingerprint density at radius 2 is 1.88 bits per heavy atom. The van der Waals surface area contributed by atoms with Crippen molar-refractivity contribution in [3.63, 3.8) is 0 Å². The summed E-state index contributed by atoms with van der Waals surface area (Å²) in [5.41, 5.74) is 0. The first kappa shape index (κ1) is 15.9. The molecule has 1 atom stereocenters. The summed E-state index contributed by atoms with van der Waals surface area (Å²) in [5.74, 6) is 0. The third-order valence-electron chi connectivity index (χ3n) is 2.95. The number of hydrogen-bond donors (Lipinski definition) is 2. The van der Waals surface area contributed by atoms with Gasteiger partial charge in [0.25, 0.3) is 0 Å². The molecule has 1 unspecified atom stereocenters. The van der Waals surface area contributed by atoms with Crippen LogP contribution < -0.4 is 5.32 Å². The number of aliphatic hydroxyl groups excluding tert-OH is 1. The van der Waals surface area contributed by atoms with Crippen LogP contribution in [0.5, 0.6) is 0 Å². The molecule has 0 amide bonds. The van der Waals surface area contributed by atoms with E-state index in [1.807, 2.05) is 0 Å². The van der Waals surface area contributed by atoms with Crippen LogP contribution in [0.3, 0.4) is 0 Å². The molecule has 0 radical (unpaired) electrons. The fraction of sp³-hybridized carbons (Fsp3) is 1.00. The van der Waals surface area contributed by atoms with Crippen LogP contribution in [0.2, 0.25) is 0 Å². The molecule has 0 rings (SSSR count). The van der Waals surface area contributed by atoms with Gasteiger partial charge in [-0.1, -0.05) is 26.7 Å². The number of likely N-dealkylation sites (N-methyl/N-ethyl adjacent to an activating group) is 1. The van der Waals surface area contributed by atoms with Crippen molar-refractivity contribution in [1.29, 1.82) is 0 Å². The zero-order valence-corrected chi connectivity index (χ0v) is 11.5. The Labute approximate surface area is 101 Å². The monoisotopic (exact) mass is 230 g/mol. The van der Waals surface area contributed by atoms with Crippen LogP contribution in [0.25, 0.3) is 0 Å². The summed E-state index contributed by atoms with van der Waals surface area (Å²) in [7, 11) is 0. The molecule has 2 N–H and O–H groups in total. The van der Waals surface area contributed by atoms with E-state index in [0.29, 0.717) is 6.04 Å². The topological polar surface area (TPSA) is 35.5 Å². The fourth-order valence-electron chi connectivity index (χ4n) is 1.88. The van der Waals surface area contributed by atoms with Crippen LogP contribution in [0.15, 0.2) is 0 Å². The molecule has 0 saturated heterocycles. The lowest BCUT2D eigenvalue weighted by atomic mass is 10.2. The van der Waals surface area contributed by atoms with Crippen LogP contribution in [-0.2, 0) is 0 Å². The minimum absolute atomic E-state index is 0.217. The number of nitrogens with one attached hydrogen (secondary N) is 1. The van der Waals surface area contributed by atoms with E-state index in [4.69, 9.17) is 0 Å². The fourth-order valence-corrected chi connectivity index (χ4v) is 1.88. The highest BCUT2D eigenvalue weighted by Crippen LogP contribution is 2.04. The van der Waals surface area contributed by atoms with Crippen LogP contribution in [0, 0.1) is 0 Å². The van der Waals surface area contributed by atoms with Crippen molar-refractivity contribution < 1.29 is 5.11 Å². The minimum atomic E-state index is 0.217. The maximum atomic E-state index is 9.27. The Hall–Kier alpha value is -0.120. The van der Waals surface area contributed by atoms with Crippen LogP contribution in [0.4, 0.5) is 0 Å². The van der Waals surface area contributed by atoms with Crippen molar-refractivity contribution in [3.05, 3.63) is 0 Å². The first-order valence-corrected chi connectivity index (χ1v) is 6.73. The Kier molecular flexibility index (Phi) is 9.99. The van der Waals surface area contributed by atoms with Crippen molar-refractivity contribution in [1.82, 2.24) is 10.2 Å². The molecule has 0 bridgehead atoms. The summed E-state index contributed by atoms with van der Waals surface area (Å²) in [6, 6.07) is 0.776. The highest BCUT2D eigenvalue weighted by atomic mass is 16.3. The number of hydrogen-bond acceptors (Lipinski definition) is 3. The van der Waals surface area contributed by atoms with Crippen molar-refractivity contribution >= 4 is 0 Å². The molecule has 0 aliphatic rings. The van der Waals surface area contributed by atoms with E-state index in [9.17, 15) is 5.11 Å². The van der Waals surface area contributed by atoms with E-state index in [1.165, 1.54) is 19.3 Å². The second-order valence-electron chi connectivity index (χ2n) is 4.73. The van der Waals surface area contributed by atoms with Gasteiger partial charge in [-0.05, 0) is 33.4 Å². The first-order valence-electron chi connectivity index (χ1n) is 6.73. The van der Waals surface area contributed by atoms with Gasteiger partial charge >= 0.3 is 0 Å². The van der Waals surface area contributed by atoms with Crippen molar-refractivity contribution in [2.24, 2.45) is 0 Å². The zero-order valence-electron chi connectivity index (χ0n) is 11.5. The Morgan fingerprint density at radius 3 is 2.31 bits per heavy atom. The summed E-state index contributed by atoms with van der Waals surface area (Å²) in [6.45, 7) is 12.0. The average Bonchev–Trinajstić information content (AvgIpc) is 2.26. The number of rotatable bonds is 10. The summed E-state index contributed by atoms with van der Waals surface area (Å²) in [4.78, 5) is 2.46. The quantitative estimate of drug-likeness (QED) is 0.562. The second-order valence-corrected chi connectivity index (χ2v) is 4.73. The molecule has 16 heavy (non-hydrogen) atoms. The normalized spacial score (nSPS) is 13.7. The molecular weight excluding hydrogens is 200 g/mol. The van der Waals surface area contributed by atoms with Gasteiger partial charge in [0.15, 0.2) is 0 Å². The highest BCUT2D eigenvalue weighted by Gasteiger charge is 2.14. The summed E-state index contributed by atoms with van der Waals surface area (Å²) in [6.07, 6.45) is 3.83. The van der Waals surface area contributed by atoms with Gasteiger partial charge in [0.05, 0.1) is 6.61 Å². The molecule has 0 spiro atoms. The molecule has 0 aliphatic heterocycles. The SMILES string of the molecule is CCCCCN(CC(CO)NCC)C(C)C. The average molecular weight is 230 g/mol. The van der Waals surface area contributed by atoms with Gasteiger partial charge in [-0.3, -0.25) is 4.90 Å². The molecule has 0 fully saturated rings. The van der Waals surface area contributed by atoms with Crippen LogP contribution in [0.1, 0.15) is 47.0 Å². The van der Waals surface area contributed by atoms with Crippen molar-refractivity contribution in [2.75, 3.05) is 26.2 Å². The Morgan fingerprint density at radius 1 is 1.19 bits per heavy atom. The maximum Gasteiger partial charge on any atom is 0.0597 e. The predicted octanol–water partition coefficient (Wildman–Crippen LogP) is 1.86. The van der Waals surface area contributed by atoms with E-state index in [1.54, 1.807) is 0 Å². The van der Waals surface area contributed by atoms with E-state index in [0.717, 1.165) is 19.6 Å². The predicted molar refractivity (Wildman–Crippen MR) is 70.8 cm³/mol. The molecule has 3 heteroatoms.